The lowest BCUT2D eigenvalue weighted by Gasteiger charge is -1.96. The van der Waals surface area contributed by atoms with Crippen LogP contribution in [0.25, 0.3) is 10.2 Å². The lowest BCUT2D eigenvalue weighted by Crippen LogP contribution is -1.85. The predicted molar refractivity (Wildman–Crippen MR) is 48.8 cm³/mol. The zero-order valence-corrected chi connectivity index (χ0v) is 7.23. The minimum Gasteiger partial charge on any atom is -0.493 e. The van der Waals surface area contributed by atoms with E-state index in [0.717, 1.165) is 24.3 Å². The van der Waals surface area contributed by atoms with Gasteiger partial charge in [-0.15, -0.1) is 11.3 Å². The highest BCUT2D eigenvalue weighted by Gasteiger charge is 2.15. The first-order valence-corrected chi connectivity index (χ1v) is 4.81. The molecule has 1 aliphatic rings. The van der Waals surface area contributed by atoms with Gasteiger partial charge in [0.05, 0.1) is 22.3 Å². The molecular weight excluding hydrogens is 170 g/mol. The van der Waals surface area contributed by atoms with Crippen LogP contribution in [0, 0.1) is 0 Å². The number of fused-ring (bicyclic) bond motifs is 3. The average Bonchev–Trinajstić information content (AvgIpc) is 2.71. The Balaban J connectivity index is 2.46. The Morgan fingerprint density at radius 1 is 1.42 bits per heavy atom. The van der Waals surface area contributed by atoms with Crippen molar-refractivity contribution in [2.75, 3.05) is 6.61 Å². The van der Waals surface area contributed by atoms with E-state index in [4.69, 9.17) is 4.74 Å². The van der Waals surface area contributed by atoms with Crippen molar-refractivity contribution < 1.29 is 4.74 Å². The highest BCUT2D eigenvalue weighted by Crippen LogP contribution is 2.32. The Labute approximate surface area is 73.8 Å². The second-order valence-corrected chi connectivity index (χ2v) is 3.73. The molecule has 0 amide bonds. The van der Waals surface area contributed by atoms with Gasteiger partial charge in [-0.2, -0.15) is 0 Å². The standard InChI is InChI=1S/C9H7NOS/c1-2-8-9(10-5-12-8)6-3-4-11-7(1)6/h1-2,5H,3-4H2. The van der Waals surface area contributed by atoms with Crippen LogP contribution in [0.5, 0.6) is 5.75 Å². The van der Waals surface area contributed by atoms with Crippen LogP contribution >= 0.6 is 11.3 Å². The van der Waals surface area contributed by atoms with Crippen molar-refractivity contribution in [3.05, 3.63) is 23.2 Å². The Bertz CT molecular complexity index is 435. The molecule has 2 heterocycles. The van der Waals surface area contributed by atoms with Crippen LogP contribution in [0.1, 0.15) is 5.56 Å². The molecule has 0 atom stereocenters. The van der Waals surface area contributed by atoms with Gasteiger partial charge in [0.25, 0.3) is 0 Å². The number of aromatic nitrogens is 1. The second kappa shape index (κ2) is 2.20. The second-order valence-electron chi connectivity index (χ2n) is 2.84. The summed E-state index contributed by atoms with van der Waals surface area (Å²) < 4.78 is 6.70. The maximum atomic E-state index is 5.44. The Hall–Kier alpha value is -1.09. The summed E-state index contributed by atoms with van der Waals surface area (Å²) in [6, 6.07) is 4.12. The molecule has 0 unspecified atom stereocenters. The summed E-state index contributed by atoms with van der Waals surface area (Å²) in [6.07, 6.45) is 1.01. The van der Waals surface area contributed by atoms with E-state index in [1.807, 2.05) is 11.6 Å². The van der Waals surface area contributed by atoms with E-state index in [2.05, 4.69) is 11.1 Å². The quantitative estimate of drug-likeness (QED) is 0.615. The third kappa shape index (κ3) is 0.716. The molecule has 0 fully saturated rings. The van der Waals surface area contributed by atoms with Gasteiger partial charge in [0.15, 0.2) is 0 Å². The van der Waals surface area contributed by atoms with E-state index in [9.17, 15) is 0 Å². The van der Waals surface area contributed by atoms with Crippen LogP contribution in [0.3, 0.4) is 0 Å². The van der Waals surface area contributed by atoms with Gasteiger partial charge in [0, 0.05) is 12.0 Å². The monoisotopic (exact) mass is 177 g/mol. The van der Waals surface area contributed by atoms with E-state index in [1.165, 1.54) is 10.3 Å². The highest BCUT2D eigenvalue weighted by atomic mass is 32.1. The molecule has 0 saturated carbocycles. The van der Waals surface area contributed by atoms with Crippen LogP contribution in [-0.2, 0) is 6.42 Å². The van der Waals surface area contributed by atoms with E-state index < -0.39 is 0 Å². The molecule has 1 aliphatic heterocycles. The van der Waals surface area contributed by atoms with Crippen molar-refractivity contribution in [2.45, 2.75) is 6.42 Å². The molecule has 0 aliphatic carbocycles. The average molecular weight is 177 g/mol. The van der Waals surface area contributed by atoms with Crippen LogP contribution in [0.4, 0.5) is 0 Å². The summed E-state index contributed by atoms with van der Waals surface area (Å²) in [5.74, 6) is 1.02. The molecule has 3 heteroatoms. The molecular formula is C9H7NOS. The molecule has 12 heavy (non-hydrogen) atoms. The summed E-state index contributed by atoms with van der Waals surface area (Å²) in [5, 5.41) is 0. The fourth-order valence-electron chi connectivity index (χ4n) is 1.61. The summed E-state index contributed by atoms with van der Waals surface area (Å²) in [7, 11) is 0. The number of thiazole rings is 1. The van der Waals surface area contributed by atoms with Crippen LogP contribution in [-0.4, -0.2) is 11.6 Å². The van der Waals surface area contributed by atoms with Gasteiger partial charge in [-0.25, -0.2) is 4.98 Å². The normalized spacial score (nSPS) is 14.7. The first kappa shape index (κ1) is 6.43. The molecule has 0 spiro atoms. The number of rotatable bonds is 0. The SMILES string of the molecule is c1nc2c3c(ccc2s1)OCC3. The third-order valence-corrected chi connectivity index (χ3v) is 2.97. The van der Waals surface area contributed by atoms with Gasteiger partial charge in [-0.05, 0) is 12.1 Å². The number of benzene rings is 1. The molecule has 0 bridgehead atoms. The Morgan fingerprint density at radius 2 is 2.42 bits per heavy atom. The van der Waals surface area contributed by atoms with Crippen molar-refractivity contribution in [3.8, 4) is 5.75 Å². The van der Waals surface area contributed by atoms with Crippen LogP contribution in [0.2, 0.25) is 0 Å². The smallest absolute Gasteiger partial charge is 0.124 e. The topological polar surface area (TPSA) is 22.1 Å². The van der Waals surface area contributed by atoms with Crippen molar-refractivity contribution >= 4 is 21.6 Å². The summed E-state index contributed by atoms with van der Waals surface area (Å²) in [5.41, 5.74) is 4.31. The van der Waals surface area contributed by atoms with Crippen molar-refractivity contribution in [3.63, 3.8) is 0 Å². The predicted octanol–water partition coefficient (Wildman–Crippen LogP) is 2.23. The van der Waals surface area contributed by atoms with Crippen LogP contribution in [0.15, 0.2) is 17.6 Å². The van der Waals surface area contributed by atoms with E-state index in [-0.39, 0.29) is 0 Å². The van der Waals surface area contributed by atoms with Gasteiger partial charge in [-0.3, -0.25) is 0 Å². The zero-order chi connectivity index (χ0) is 7.97. The first-order chi connectivity index (χ1) is 5.95. The van der Waals surface area contributed by atoms with Gasteiger partial charge in [0.1, 0.15) is 5.75 Å². The van der Waals surface area contributed by atoms with Gasteiger partial charge in [-0.1, -0.05) is 0 Å². The number of ether oxygens (including phenoxy) is 1. The first-order valence-electron chi connectivity index (χ1n) is 3.93. The summed E-state index contributed by atoms with van der Waals surface area (Å²) in [6.45, 7) is 0.811. The van der Waals surface area contributed by atoms with Gasteiger partial charge < -0.3 is 4.74 Å². The fraction of sp³-hybridized carbons (Fsp3) is 0.222. The number of hydrogen-bond acceptors (Lipinski definition) is 3. The van der Waals surface area contributed by atoms with Gasteiger partial charge >= 0.3 is 0 Å². The molecule has 0 saturated heterocycles. The Morgan fingerprint density at radius 3 is 3.42 bits per heavy atom. The van der Waals surface area contributed by atoms with Crippen molar-refractivity contribution in [2.24, 2.45) is 0 Å². The van der Waals surface area contributed by atoms with Crippen molar-refractivity contribution in [1.29, 1.82) is 0 Å². The summed E-state index contributed by atoms with van der Waals surface area (Å²) >= 11 is 1.69. The van der Waals surface area contributed by atoms with E-state index >= 15 is 0 Å². The minimum atomic E-state index is 0.811. The molecule has 2 aromatic rings. The van der Waals surface area contributed by atoms with E-state index in [1.54, 1.807) is 11.3 Å². The lowest BCUT2D eigenvalue weighted by molar-refractivity contribution is 0.357. The number of hydrogen-bond donors (Lipinski definition) is 0. The minimum absolute atomic E-state index is 0.811. The number of nitrogens with zero attached hydrogens (tertiary/aromatic N) is 1. The Kier molecular flexibility index (Phi) is 1.18. The zero-order valence-electron chi connectivity index (χ0n) is 6.41. The van der Waals surface area contributed by atoms with Gasteiger partial charge in [0.2, 0.25) is 0 Å². The van der Waals surface area contributed by atoms with Crippen molar-refractivity contribution in [1.82, 2.24) is 4.98 Å². The molecule has 3 rings (SSSR count). The highest BCUT2D eigenvalue weighted by molar-refractivity contribution is 7.16. The summed E-state index contributed by atoms with van der Waals surface area (Å²) in [4.78, 5) is 4.33. The molecule has 0 N–H and O–H groups in total. The molecule has 60 valence electrons. The maximum absolute atomic E-state index is 5.44. The molecule has 1 aromatic carbocycles. The van der Waals surface area contributed by atoms with Crippen LogP contribution < -0.4 is 4.74 Å². The largest absolute Gasteiger partial charge is 0.493 e. The molecule has 2 nitrogen and oxygen atoms in total. The fourth-order valence-corrected chi connectivity index (χ4v) is 2.31. The maximum Gasteiger partial charge on any atom is 0.124 e. The lowest BCUT2D eigenvalue weighted by atomic mass is 10.1. The van der Waals surface area contributed by atoms with E-state index in [0.29, 0.717) is 0 Å². The molecule has 0 radical (unpaired) electrons. The molecule has 1 aromatic heterocycles. The third-order valence-electron chi connectivity index (χ3n) is 2.17.